The van der Waals surface area contributed by atoms with Crippen LogP contribution < -0.4 is 0 Å². The van der Waals surface area contributed by atoms with Gasteiger partial charge >= 0.3 is 0 Å². The van der Waals surface area contributed by atoms with Gasteiger partial charge in [-0.2, -0.15) is 0 Å². The SMILES string of the molecule is Fc1cccc(CC(Br)c2cccc(F)c2F)c1. The number of alkyl halides is 1. The fourth-order valence-electron chi connectivity index (χ4n) is 1.74. The molecular weight excluding hydrogens is 305 g/mol. The van der Waals surface area contributed by atoms with Gasteiger partial charge in [0.2, 0.25) is 0 Å². The van der Waals surface area contributed by atoms with Crippen molar-refractivity contribution < 1.29 is 13.2 Å². The topological polar surface area (TPSA) is 0 Å². The summed E-state index contributed by atoms with van der Waals surface area (Å²) in [4.78, 5) is -0.394. The van der Waals surface area contributed by atoms with Crippen LogP contribution in [-0.2, 0) is 6.42 Å². The van der Waals surface area contributed by atoms with Crippen molar-refractivity contribution in [1.82, 2.24) is 0 Å². The van der Waals surface area contributed by atoms with Crippen LogP contribution in [0.25, 0.3) is 0 Å². The molecule has 2 aromatic rings. The number of hydrogen-bond donors (Lipinski definition) is 0. The third-order valence-electron chi connectivity index (χ3n) is 2.62. The van der Waals surface area contributed by atoms with E-state index >= 15 is 0 Å². The molecule has 0 fully saturated rings. The summed E-state index contributed by atoms with van der Waals surface area (Å²) in [7, 11) is 0. The standard InChI is InChI=1S/C14H10BrF3/c15-12(8-9-3-1-4-10(16)7-9)11-5-2-6-13(17)14(11)18/h1-7,12H,8H2. The number of hydrogen-bond acceptors (Lipinski definition) is 0. The molecule has 0 saturated carbocycles. The molecule has 0 saturated heterocycles. The molecule has 1 unspecified atom stereocenters. The monoisotopic (exact) mass is 314 g/mol. The Morgan fingerprint density at radius 1 is 1.00 bits per heavy atom. The number of halogens is 4. The van der Waals surface area contributed by atoms with Crippen LogP contribution in [0.4, 0.5) is 13.2 Å². The Hall–Kier alpha value is -1.29. The van der Waals surface area contributed by atoms with Crippen molar-refractivity contribution in [2.75, 3.05) is 0 Å². The molecule has 0 aromatic heterocycles. The second-order valence-electron chi connectivity index (χ2n) is 3.94. The van der Waals surface area contributed by atoms with E-state index in [1.54, 1.807) is 12.1 Å². The molecule has 2 aromatic carbocycles. The average molecular weight is 315 g/mol. The molecule has 0 aliphatic heterocycles. The Labute approximate surface area is 112 Å². The Bertz CT molecular complexity index is 554. The molecule has 4 heteroatoms. The highest BCUT2D eigenvalue weighted by atomic mass is 79.9. The zero-order valence-corrected chi connectivity index (χ0v) is 10.9. The number of rotatable bonds is 3. The summed E-state index contributed by atoms with van der Waals surface area (Å²) in [5.74, 6) is -2.08. The summed E-state index contributed by atoms with van der Waals surface area (Å²) in [5.41, 5.74) is 0.958. The molecule has 2 rings (SSSR count). The molecule has 0 N–H and O–H groups in total. The number of benzene rings is 2. The maximum Gasteiger partial charge on any atom is 0.163 e. The van der Waals surface area contributed by atoms with Gasteiger partial charge in [-0.25, -0.2) is 13.2 Å². The fourth-order valence-corrected chi connectivity index (χ4v) is 2.47. The summed E-state index contributed by atoms with van der Waals surface area (Å²) in [6, 6.07) is 10.1. The van der Waals surface area contributed by atoms with E-state index in [4.69, 9.17) is 0 Å². The van der Waals surface area contributed by atoms with Crippen molar-refractivity contribution in [3.05, 3.63) is 71.0 Å². The Kier molecular flexibility index (Phi) is 4.07. The molecule has 94 valence electrons. The minimum atomic E-state index is -0.879. The van der Waals surface area contributed by atoms with Gasteiger partial charge in [0.15, 0.2) is 11.6 Å². The van der Waals surface area contributed by atoms with E-state index in [0.29, 0.717) is 6.42 Å². The van der Waals surface area contributed by atoms with Crippen LogP contribution >= 0.6 is 15.9 Å². The van der Waals surface area contributed by atoms with Crippen LogP contribution in [0.2, 0.25) is 0 Å². The minimum Gasteiger partial charge on any atom is -0.207 e. The fraction of sp³-hybridized carbons (Fsp3) is 0.143. The Balaban J connectivity index is 2.22. The predicted octanol–water partition coefficient (Wildman–Crippen LogP) is 4.78. The smallest absolute Gasteiger partial charge is 0.163 e. The first-order valence-electron chi connectivity index (χ1n) is 5.40. The van der Waals surface area contributed by atoms with E-state index in [1.165, 1.54) is 24.3 Å². The van der Waals surface area contributed by atoms with Crippen LogP contribution in [0.15, 0.2) is 42.5 Å². The van der Waals surface area contributed by atoms with Crippen molar-refractivity contribution in [3.63, 3.8) is 0 Å². The normalized spacial score (nSPS) is 12.4. The van der Waals surface area contributed by atoms with E-state index in [1.807, 2.05) is 0 Å². The molecule has 0 spiro atoms. The largest absolute Gasteiger partial charge is 0.207 e. The minimum absolute atomic E-state index is 0.235. The molecule has 0 amide bonds. The van der Waals surface area contributed by atoms with Crippen molar-refractivity contribution in [3.8, 4) is 0 Å². The van der Waals surface area contributed by atoms with Crippen LogP contribution in [0.3, 0.4) is 0 Å². The zero-order chi connectivity index (χ0) is 13.1. The van der Waals surface area contributed by atoms with E-state index in [9.17, 15) is 13.2 Å². The molecule has 1 atom stereocenters. The van der Waals surface area contributed by atoms with Crippen molar-refractivity contribution in [2.24, 2.45) is 0 Å². The van der Waals surface area contributed by atoms with Gasteiger partial charge in [0, 0.05) is 10.4 Å². The summed E-state index contributed by atoms with van der Waals surface area (Å²) >= 11 is 3.30. The van der Waals surface area contributed by atoms with Crippen molar-refractivity contribution in [2.45, 2.75) is 11.2 Å². The van der Waals surface area contributed by atoms with Crippen LogP contribution in [0.1, 0.15) is 16.0 Å². The lowest BCUT2D eigenvalue weighted by Gasteiger charge is -2.11. The molecule has 0 radical (unpaired) electrons. The third-order valence-corrected chi connectivity index (χ3v) is 3.44. The highest BCUT2D eigenvalue weighted by Crippen LogP contribution is 2.30. The van der Waals surface area contributed by atoms with E-state index < -0.39 is 16.5 Å². The first kappa shape index (κ1) is 13.1. The van der Waals surface area contributed by atoms with Gasteiger partial charge in [-0.05, 0) is 30.2 Å². The lowest BCUT2D eigenvalue weighted by atomic mass is 10.0. The second kappa shape index (κ2) is 5.57. The van der Waals surface area contributed by atoms with Crippen molar-refractivity contribution >= 4 is 15.9 Å². The summed E-state index contributed by atoms with van der Waals surface area (Å²) < 4.78 is 39.7. The van der Waals surface area contributed by atoms with Crippen LogP contribution in [0.5, 0.6) is 0 Å². The van der Waals surface area contributed by atoms with Crippen LogP contribution in [-0.4, -0.2) is 0 Å². The van der Waals surface area contributed by atoms with E-state index in [-0.39, 0.29) is 11.4 Å². The van der Waals surface area contributed by atoms with E-state index in [0.717, 1.165) is 11.6 Å². The van der Waals surface area contributed by atoms with Crippen molar-refractivity contribution in [1.29, 1.82) is 0 Å². The van der Waals surface area contributed by atoms with E-state index in [2.05, 4.69) is 15.9 Å². The van der Waals surface area contributed by atoms with Gasteiger partial charge in [0.05, 0.1) is 0 Å². The average Bonchev–Trinajstić information content (AvgIpc) is 2.32. The zero-order valence-electron chi connectivity index (χ0n) is 9.34. The maximum absolute atomic E-state index is 13.6. The maximum atomic E-state index is 13.6. The molecule has 0 nitrogen and oxygen atoms in total. The molecule has 0 aliphatic carbocycles. The highest BCUT2D eigenvalue weighted by Gasteiger charge is 2.16. The molecular formula is C14H10BrF3. The quantitative estimate of drug-likeness (QED) is 0.715. The second-order valence-corrected chi connectivity index (χ2v) is 5.05. The first-order chi connectivity index (χ1) is 8.58. The molecule has 18 heavy (non-hydrogen) atoms. The molecule has 0 aliphatic rings. The van der Waals surface area contributed by atoms with Gasteiger partial charge in [-0.3, -0.25) is 0 Å². The summed E-state index contributed by atoms with van der Waals surface area (Å²) in [5, 5.41) is 0. The highest BCUT2D eigenvalue weighted by molar-refractivity contribution is 9.09. The predicted molar refractivity (Wildman–Crippen MR) is 68.1 cm³/mol. The molecule has 0 heterocycles. The van der Waals surface area contributed by atoms with Gasteiger partial charge in [0.1, 0.15) is 5.82 Å². The summed E-state index contributed by atoms with van der Waals surface area (Å²) in [6.45, 7) is 0. The lowest BCUT2D eigenvalue weighted by Crippen LogP contribution is -2.00. The van der Waals surface area contributed by atoms with Gasteiger partial charge in [-0.15, -0.1) is 0 Å². The van der Waals surface area contributed by atoms with Gasteiger partial charge in [-0.1, -0.05) is 40.2 Å². The van der Waals surface area contributed by atoms with Gasteiger partial charge in [0.25, 0.3) is 0 Å². The first-order valence-corrected chi connectivity index (χ1v) is 6.32. The summed E-state index contributed by atoms with van der Waals surface area (Å²) in [6.07, 6.45) is 0.387. The third kappa shape index (κ3) is 2.93. The Morgan fingerprint density at radius 2 is 1.72 bits per heavy atom. The molecule has 0 bridgehead atoms. The van der Waals surface area contributed by atoms with Gasteiger partial charge < -0.3 is 0 Å². The lowest BCUT2D eigenvalue weighted by molar-refractivity contribution is 0.498. The Morgan fingerprint density at radius 3 is 2.44 bits per heavy atom. The van der Waals surface area contributed by atoms with Crippen LogP contribution in [0, 0.1) is 17.5 Å².